The normalized spacial score (nSPS) is 15.7. The molecule has 3 amide bonds. The van der Waals surface area contributed by atoms with E-state index in [-0.39, 0.29) is 75.5 Å². The topological polar surface area (TPSA) is 160 Å². The second-order valence-corrected chi connectivity index (χ2v) is 9.61. The molecule has 13 heteroatoms. The lowest BCUT2D eigenvalue weighted by Gasteiger charge is -2.35. The molecule has 40 heavy (non-hydrogen) atoms. The summed E-state index contributed by atoms with van der Waals surface area (Å²) in [6.45, 7) is 2.74. The summed E-state index contributed by atoms with van der Waals surface area (Å²) < 4.78 is 12.1. The van der Waals surface area contributed by atoms with Gasteiger partial charge in [0, 0.05) is 44.6 Å². The molecule has 13 nitrogen and oxygen atoms in total. The van der Waals surface area contributed by atoms with Crippen LogP contribution in [0, 0.1) is 5.92 Å². The Hall–Kier alpha value is -4.42. The number of amides is 3. The highest BCUT2D eigenvalue weighted by Crippen LogP contribution is 2.30. The average Bonchev–Trinajstić information content (AvgIpc) is 3.73. The first-order chi connectivity index (χ1) is 19.3. The van der Waals surface area contributed by atoms with Crippen LogP contribution in [0.15, 0.2) is 36.4 Å². The largest absolute Gasteiger partial charge is 0.481 e. The van der Waals surface area contributed by atoms with E-state index in [2.05, 4.69) is 10.4 Å². The lowest BCUT2D eigenvalue weighted by molar-refractivity contribution is -0.138. The smallest absolute Gasteiger partial charge is 0.409 e. The van der Waals surface area contributed by atoms with Crippen LogP contribution in [0.4, 0.5) is 4.79 Å². The van der Waals surface area contributed by atoms with Crippen LogP contribution in [0.25, 0.3) is 5.69 Å². The number of benzene rings is 1. The second-order valence-electron chi connectivity index (χ2n) is 9.61. The fourth-order valence-electron chi connectivity index (χ4n) is 4.30. The van der Waals surface area contributed by atoms with E-state index in [4.69, 9.17) is 9.47 Å². The number of aliphatic carboxylic acids is 1. The van der Waals surface area contributed by atoms with Gasteiger partial charge in [-0.25, -0.2) is 9.48 Å². The molecule has 2 heterocycles. The summed E-state index contributed by atoms with van der Waals surface area (Å²) in [7, 11) is 0. The SMILES string of the molecule is CCOC(=O)N1CCN(C(=O)[C@H](CCC(=O)O)NC(=O)c2cc(OCC(=O)C3CC3)n(-c3ccccc3)n2)CC1. The van der Waals surface area contributed by atoms with E-state index in [9.17, 15) is 29.1 Å². The fraction of sp³-hybridized carbons (Fsp3) is 0.481. The van der Waals surface area contributed by atoms with Crippen LogP contribution in [0.1, 0.15) is 43.1 Å². The molecule has 1 aliphatic heterocycles. The molecule has 0 spiro atoms. The van der Waals surface area contributed by atoms with Crippen molar-refractivity contribution in [2.75, 3.05) is 39.4 Å². The first kappa shape index (κ1) is 28.6. The van der Waals surface area contributed by atoms with Crippen molar-refractivity contribution in [3.05, 3.63) is 42.1 Å². The lowest BCUT2D eigenvalue weighted by Crippen LogP contribution is -2.56. The maximum atomic E-state index is 13.3. The van der Waals surface area contributed by atoms with Gasteiger partial charge < -0.3 is 29.7 Å². The molecular formula is C27H33N5O8. The van der Waals surface area contributed by atoms with Gasteiger partial charge in [-0.3, -0.25) is 19.2 Å². The Morgan fingerprint density at radius 2 is 1.73 bits per heavy atom. The summed E-state index contributed by atoms with van der Waals surface area (Å²) in [4.78, 5) is 65.0. The molecule has 2 aliphatic rings. The number of piperazine rings is 1. The van der Waals surface area contributed by atoms with Crippen LogP contribution in [0.3, 0.4) is 0 Å². The van der Waals surface area contributed by atoms with Crippen LogP contribution >= 0.6 is 0 Å². The molecule has 2 aromatic rings. The van der Waals surface area contributed by atoms with Gasteiger partial charge in [0.2, 0.25) is 11.8 Å². The zero-order valence-corrected chi connectivity index (χ0v) is 22.3. The van der Waals surface area contributed by atoms with Gasteiger partial charge in [0.15, 0.2) is 11.5 Å². The molecule has 1 saturated heterocycles. The molecular weight excluding hydrogens is 522 g/mol. The quantitative estimate of drug-likeness (QED) is 0.395. The minimum Gasteiger partial charge on any atom is -0.481 e. The van der Waals surface area contributed by atoms with E-state index >= 15 is 0 Å². The summed E-state index contributed by atoms with van der Waals surface area (Å²) in [5, 5.41) is 16.2. The number of Topliss-reactive ketones (excluding diaryl/α,β-unsaturated/α-hetero) is 1. The molecule has 1 saturated carbocycles. The molecule has 0 radical (unpaired) electrons. The number of nitrogens with zero attached hydrogens (tertiary/aromatic N) is 4. The molecule has 1 aliphatic carbocycles. The number of hydrogen-bond donors (Lipinski definition) is 2. The van der Waals surface area contributed by atoms with Crippen LogP contribution in [0.2, 0.25) is 0 Å². The van der Waals surface area contributed by atoms with Crippen molar-refractivity contribution in [1.82, 2.24) is 24.9 Å². The predicted molar refractivity (Wildman–Crippen MR) is 140 cm³/mol. The fourth-order valence-corrected chi connectivity index (χ4v) is 4.30. The molecule has 2 fully saturated rings. The molecule has 4 rings (SSSR count). The number of carbonyl (C=O) groups is 5. The van der Waals surface area contributed by atoms with Gasteiger partial charge in [-0.15, -0.1) is 0 Å². The standard InChI is InChI=1S/C27H33N5O8/c1-2-39-27(38)31-14-12-30(13-15-31)26(37)20(10-11-24(34)35)28-25(36)21-16-23(40-17-22(33)18-8-9-18)32(29-21)19-6-4-3-5-7-19/h3-7,16,18,20H,2,8-15,17H2,1H3,(H,28,36)(H,34,35)/t20-/m0/s1. The van der Waals surface area contributed by atoms with Crippen molar-refractivity contribution >= 4 is 29.7 Å². The second kappa shape index (κ2) is 13.1. The molecule has 2 N–H and O–H groups in total. The number of ether oxygens (including phenoxy) is 2. The molecule has 1 aromatic heterocycles. The maximum absolute atomic E-state index is 13.3. The minimum atomic E-state index is -1.12. The maximum Gasteiger partial charge on any atom is 0.409 e. The van der Waals surface area contributed by atoms with Crippen molar-refractivity contribution in [2.45, 2.75) is 38.6 Å². The number of aromatic nitrogens is 2. The van der Waals surface area contributed by atoms with E-state index in [1.807, 2.05) is 6.07 Å². The number of nitrogens with one attached hydrogen (secondary N) is 1. The van der Waals surface area contributed by atoms with Gasteiger partial charge in [-0.1, -0.05) is 18.2 Å². The Morgan fingerprint density at radius 3 is 2.35 bits per heavy atom. The number of hydrogen-bond acceptors (Lipinski definition) is 8. The third-order valence-electron chi connectivity index (χ3n) is 6.67. The number of carbonyl (C=O) groups excluding carboxylic acids is 4. The Morgan fingerprint density at radius 1 is 1.05 bits per heavy atom. The van der Waals surface area contributed by atoms with E-state index < -0.39 is 29.9 Å². The number of ketones is 1. The molecule has 0 unspecified atom stereocenters. The van der Waals surface area contributed by atoms with Gasteiger partial charge in [-0.2, -0.15) is 5.10 Å². The third kappa shape index (κ3) is 7.36. The van der Waals surface area contributed by atoms with Crippen LogP contribution in [-0.2, 0) is 19.1 Å². The van der Waals surface area contributed by atoms with E-state index in [0.29, 0.717) is 5.69 Å². The highest BCUT2D eigenvalue weighted by atomic mass is 16.6. The number of carboxylic acids is 1. The number of rotatable bonds is 12. The minimum absolute atomic E-state index is 0.0102. The highest BCUT2D eigenvalue weighted by Gasteiger charge is 2.32. The first-order valence-electron chi connectivity index (χ1n) is 13.3. The van der Waals surface area contributed by atoms with Crippen LogP contribution in [-0.4, -0.2) is 99.8 Å². The van der Waals surface area contributed by atoms with Gasteiger partial charge in [0.25, 0.3) is 5.91 Å². The molecule has 1 atom stereocenters. The summed E-state index contributed by atoms with van der Waals surface area (Å²) in [6, 6.07) is 9.19. The lowest BCUT2D eigenvalue weighted by atomic mass is 10.1. The summed E-state index contributed by atoms with van der Waals surface area (Å²) in [5.74, 6) is -2.07. The van der Waals surface area contributed by atoms with Crippen LogP contribution in [0.5, 0.6) is 5.88 Å². The van der Waals surface area contributed by atoms with Crippen molar-refractivity contribution in [3.63, 3.8) is 0 Å². The molecule has 0 bridgehead atoms. The third-order valence-corrected chi connectivity index (χ3v) is 6.67. The Bertz CT molecular complexity index is 1230. The zero-order valence-electron chi connectivity index (χ0n) is 22.3. The van der Waals surface area contributed by atoms with Gasteiger partial charge in [-0.05, 0) is 38.3 Å². The van der Waals surface area contributed by atoms with Crippen molar-refractivity contribution in [1.29, 1.82) is 0 Å². The van der Waals surface area contributed by atoms with Crippen molar-refractivity contribution in [2.24, 2.45) is 5.92 Å². The van der Waals surface area contributed by atoms with Crippen LogP contribution < -0.4 is 10.1 Å². The summed E-state index contributed by atoms with van der Waals surface area (Å²) in [5.41, 5.74) is 0.548. The highest BCUT2D eigenvalue weighted by molar-refractivity contribution is 5.96. The van der Waals surface area contributed by atoms with Gasteiger partial charge in [0.1, 0.15) is 12.6 Å². The van der Waals surface area contributed by atoms with Gasteiger partial charge >= 0.3 is 12.1 Å². The Labute approximate surface area is 231 Å². The monoisotopic (exact) mass is 555 g/mol. The summed E-state index contributed by atoms with van der Waals surface area (Å²) in [6.07, 6.45) is 0.761. The number of para-hydroxylation sites is 1. The molecule has 214 valence electrons. The van der Waals surface area contributed by atoms with E-state index in [0.717, 1.165) is 12.8 Å². The number of carboxylic acid groups (broad SMARTS) is 1. The Kier molecular flexibility index (Phi) is 9.35. The van der Waals surface area contributed by atoms with Crippen molar-refractivity contribution < 1.29 is 38.6 Å². The van der Waals surface area contributed by atoms with Gasteiger partial charge in [0.05, 0.1) is 12.3 Å². The van der Waals surface area contributed by atoms with E-state index in [1.165, 1.54) is 20.5 Å². The molecule has 1 aromatic carbocycles. The first-order valence-corrected chi connectivity index (χ1v) is 13.3. The van der Waals surface area contributed by atoms with Crippen molar-refractivity contribution in [3.8, 4) is 11.6 Å². The Balaban J connectivity index is 1.48. The average molecular weight is 556 g/mol. The summed E-state index contributed by atoms with van der Waals surface area (Å²) >= 11 is 0. The zero-order chi connectivity index (χ0) is 28.6. The van der Waals surface area contributed by atoms with E-state index in [1.54, 1.807) is 31.2 Å². The predicted octanol–water partition coefficient (Wildman–Crippen LogP) is 1.49.